The van der Waals surface area contributed by atoms with Gasteiger partial charge >= 0.3 is 0 Å². The van der Waals surface area contributed by atoms with E-state index in [2.05, 4.69) is 5.32 Å². The van der Waals surface area contributed by atoms with Crippen LogP contribution in [0.25, 0.3) is 0 Å². The highest BCUT2D eigenvalue weighted by atomic mass is 32.2. The van der Waals surface area contributed by atoms with Gasteiger partial charge in [-0.15, -0.1) is 0 Å². The zero-order valence-electron chi connectivity index (χ0n) is 10.9. The van der Waals surface area contributed by atoms with Crippen LogP contribution in [0.2, 0.25) is 0 Å². The molecular formula is C14H12F2N2O2S. The minimum absolute atomic E-state index is 0.0432. The molecule has 7 heteroatoms. The molecule has 1 heterocycles. The number of rotatable bonds is 3. The Morgan fingerprint density at radius 1 is 1.10 bits per heavy atom. The van der Waals surface area contributed by atoms with Crippen LogP contribution in [0.3, 0.4) is 0 Å². The van der Waals surface area contributed by atoms with Crippen LogP contribution in [0, 0.1) is 11.6 Å². The van der Waals surface area contributed by atoms with Crippen LogP contribution in [-0.4, -0.2) is 15.0 Å². The van der Waals surface area contributed by atoms with Crippen LogP contribution in [0.15, 0.2) is 41.3 Å². The second-order valence-electron chi connectivity index (χ2n) is 4.70. The Morgan fingerprint density at radius 2 is 1.81 bits per heavy atom. The molecule has 0 fully saturated rings. The second-order valence-corrected chi connectivity index (χ2v) is 6.38. The van der Waals surface area contributed by atoms with E-state index in [-0.39, 0.29) is 4.90 Å². The van der Waals surface area contributed by atoms with Crippen molar-refractivity contribution in [2.24, 2.45) is 0 Å². The molecule has 0 aromatic heterocycles. The molecule has 1 aliphatic heterocycles. The van der Waals surface area contributed by atoms with Crippen molar-refractivity contribution < 1.29 is 17.2 Å². The zero-order valence-corrected chi connectivity index (χ0v) is 11.7. The first-order valence-corrected chi connectivity index (χ1v) is 7.79. The SMILES string of the molecule is O=S(=O)(Nc1c(F)cccc1F)c1ccc2c(c1)NCC2. The van der Waals surface area contributed by atoms with E-state index in [1.54, 1.807) is 6.07 Å². The Kier molecular flexibility index (Phi) is 3.29. The van der Waals surface area contributed by atoms with Gasteiger partial charge in [0, 0.05) is 12.2 Å². The van der Waals surface area contributed by atoms with Crippen LogP contribution < -0.4 is 10.0 Å². The predicted octanol–water partition coefficient (Wildman–Crippen LogP) is 2.73. The van der Waals surface area contributed by atoms with Crippen LogP contribution in [0.4, 0.5) is 20.2 Å². The third-order valence-corrected chi connectivity index (χ3v) is 4.65. The van der Waals surface area contributed by atoms with Gasteiger partial charge in [-0.3, -0.25) is 4.72 Å². The number of anilines is 2. The van der Waals surface area contributed by atoms with Crippen molar-refractivity contribution in [2.45, 2.75) is 11.3 Å². The van der Waals surface area contributed by atoms with Gasteiger partial charge in [-0.2, -0.15) is 0 Å². The molecule has 3 rings (SSSR count). The fourth-order valence-electron chi connectivity index (χ4n) is 2.23. The summed E-state index contributed by atoms with van der Waals surface area (Å²) in [6.45, 7) is 0.744. The van der Waals surface area contributed by atoms with Gasteiger partial charge in [0.05, 0.1) is 4.90 Å². The van der Waals surface area contributed by atoms with Gasteiger partial charge < -0.3 is 5.32 Å². The van der Waals surface area contributed by atoms with Crippen molar-refractivity contribution in [3.63, 3.8) is 0 Å². The number of sulfonamides is 1. The summed E-state index contributed by atoms with van der Waals surface area (Å²) < 4.78 is 53.5. The van der Waals surface area contributed by atoms with Crippen LogP contribution in [-0.2, 0) is 16.4 Å². The Bertz CT molecular complexity index is 786. The molecule has 0 aliphatic carbocycles. The summed E-state index contributed by atoms with van der Waals surface area (Å²) in [6, 6.07) is 7.73. The Hall–Kier alpha value is -2.15. The molecule has 0 radical (unpaired) electrons. The number of para-hydroxylation sites is 1. The normalized spacial score (nSPS) is 13.6. The molecule has 4 nitrogen and oxygen atoms in total. The zero-order chi connectivity index (χ0) is 15.0. The summed E-state index contributed by atoms with van der Waals surface area (Å²) in [6.07, 6.45) is 0.824. The molecule has 0 saturated heterocycles. The van der Waals surface area contributed by atoms with Crippen LogP contribution in [0.1, 0.15) is 5.56 Å². The average Bonchev–Trinajstić information content (AvgIpc) is 2.90. The van der Waals surface area contributed by atoms with Crippen LogP contribution >= 0.6 is 0 Å². The molecule has 2 aromatic rings. The molecule has 110 valence electrons. The summed E-state index contributed by atoms with van der Waals surface area (Å²) in [5, 5.41) is 3.06. The summed E-state index contributed by atoms with van der Waals surface area (Å²) in [5.41, 5.74) is 1.07. The fraction of sp³-hybridized carbons (Fsp3) is 0.143. The standard InChI is InChI=1S/C14H12F2N2O2S/c15-11-2-1-3-12(16)14(11)18-21(19,20)10-5-4-9-6-7-17-13(9)8-10/h1-5,8,17-18H,6-7H2. The maximum absolute atomic E-state index is 13.5. The molecule has 0 unspecified atom stereocenters. The van der Waals surface area contributed by atoms with Gasteiger partial charge in [0.1, 0.15) is 17.3 Å². The maximum atomic E-state index is 13.5. The lowest BCUT2D eigenvalue weighted by Crippen LogP contribution is -2.15. The Labute approximate surface area is 120 Å². The lowest BCUT2D eigenvalue weighted by molar-refractivity contribution is 0.583. The first-order chi connectivity index (χ1) is 9.97. The quantitative estimate of drug-likeness (QED) is 0.916. The third kappa shape index (κ3) is 2.56. The summed E-state index contributed by atoms with van der Waals surface area (Å²) in [7, 11) is -4.05. The molecule has 2 N–H and O–H groups in total. The van der Waals surface area contributed by atoms with Gasteiger partial charge in [0.2, 0.25) is 0 Å². The third-order valence-electron chi connectivity index (χ3n) is 3.30. The van der Waals surface area contributed by atoms with E-state index in [0.29, 0.717) is 0 Å². The van der Waals surface area contributed by atoms with Crippen LogP contribution in [0.5, 0.6) is 0 Å². The van der Waals surface area contributed by atoms with E-state index in [1.807, 2.05) is 4.72 Å². The Morgan fingerprint density at radius 3 is 2.52 bits per heavy atom. The number of fused-ring (bicyclic) bond motifs is 1. The molecule has 0 bridgehead atoms. The van der Waals surface area contributed by atoms with Crippen molar-refractivity contribution >= 4 is 21.4 Å². The highest BCUT2D eigenvalue weighted by Crippen LogP contribution is 2.27. The summed E-state index contributed by atoms with van der Waals surface area (Å²) in [4.78, 5) is -0.0432. The van der Waals surface area contributed by atoms with Crippen molar-refractivity contribution in [2.75, 3.05) is 16.6 Å². The lowest BCUT2D eigenvalue weighted by Gasteiger charge is -2.11. The number of nitrogens with one attached hydrogen (secondary N) is 2. The lowest BCUT2D eigenvalue weighted by atomic mass is 10.2. The topological polar surface area (TPSA) is 58.2 Å². The first kappa shape index (κ1) is 13.8. The first-order valence-electron chi connectivity index (χ1n) is 6.31. The Balaban J connectivity index is 1.98. The number of benzene rings is 2. The largest absolute Gasteiger partial charge is 0.384 e. The molecule has 2 aromatic carbocycles. The molecule has 0 saturated carbocycles. The minimum atomic E-state index is -4.05. The van der Waals surface area contributed by atoms with Gasteiger partial charge in [-0.05, 0) is 36.2 Å². The van der Waals surface area contributed by atoms with Gasteiger partial charge in [-0.1, -0.05) is 12.1 Å². The van der Waals surface area contributed by atoms with E-state index in [9.17, 15) is 17.2 Å². The van der Waals surface area contributed by atoms with E-state index < -0.39 is 27.3 Å². The predicted molar refractivity (Wildman–Crippen MR) is 75.8 cm³/mol. The van der Waals surface area contributed by atoms with E-state index >= 15 is 0 Å². The number of hydrogen-bond donors (Lipinski definition) is 2. The van der Waals surface area contributed by atoms with Crippen molar-refractivity contribution in [3.05, 3.63) is 53.6 Å². The molecule has 21 heavy (non-hydrogen) atoms. The van der Waals surface area contributed by atoms with E-state index in [0.717, 1.165) is 36.3 Å². The van der Waals surface area contributed by atoms with Crippen molar-refractivity contribution in [1.29, 1.82) is 0 Å². The highest BCUT2D eigenvalue weighted by Gasteiger charge is 2.21. The number of halogens is 2. The molecular weight excluding hydrogens is 298 g/mol. The van der Waals surface area contributed by atoms with E-state index in [4.69, 9.17) is 0 Å². The monoisotopic (exact) mass is 310 g/mol. The van der Waals surface area contributed by atoms with Gasteiger partial charge in [0.15, 0.2) is 0 Å². The second kappa shape index (κ2) is 5.00. The molecule has 1 aliphatic rings. The minimum Gasteiger partial charge on any atom is -0.384 e. The molecule has 0 spiro atoms. The highest BCUT2D eigenvalue weighted by molar-refractivity contribution is 7.92. The van der Waals surface area contributed by atoms with Gasteiger partial charge in [-0.25, -0.2) is 17.2 Å². The fourth-order valence-corrected chi connectivity index (χ4v) is 3.33. The molecule has 0 atom stereocenters. The number of hydrogen-bond acceptors (Lipinski definition) is 3. The van der Waals surface area contributed by atoms with E-state index in [1.165, 1.54) is 18.2 Å². The van der Waals surface area contributed by atoms with Gasteiger partial charge in [0.25, 0.3) is 10.0 Å². The smallest absolute Gasteiger partial charge is 0.262 e. The summed E-state index contributed by atoms with van der Waals surface area (Å²) >= 11 is 0. The van der Waals surface area contributed by atoms with Crippen molar-refractivity contribution in [1.82, 2.24) is 0 Å². The molecule has 0 amide bonds. The summed E-state index contributed by atoms with van der Waals surface area (Å²) in [5.74, 6) is -1.92. The average molecular weight is 310 g/mol. The maximum Gasteiger partial charge on any atom is 0.262 e. The van der Waals surface area contributed by atoms with Crippen molar-refractivity contribution in [3.8, 4) is 0 Å².